The molecule has 0 saturated heterocycles. The molecule has 2 aromatic carbocycles. The first-order valence-electron chi connectivity index (χ1n) is 8.40. The van der Waals surface area contributed by atoms with Gasteiger partial charge in [-0.1, -0.05) is 48.0 Å². The Labute approximate surface area is 160 Å². The quantitative estimate of drug-likeness (QED) is 0.566. The molecule has 4 rings (SSSR count). The highest BCUT2D eigenvalue weighted by molar-refractivity contribution is 6.39. The lowest BCUT2D eigenvalue weighted by atomic mass is 10.2. The highest BCUT2D eigenvalue weighted by Gasteiger charge is 2.21. The Morgan fingerprint density at radius 2 is 1.74 bits per heavy atom. The number of rotatable bonds is 3. The molecule has 136 valence electrons. The summed E-state index contributed by atoms with van der Waals surface area (Å²) in [5.74, 6) is -0.456. The molecule has 0 saturated carbocycles. The Kier molecular flexibility index (Phi) is 4.12. The van der Waals surface area contributed by atoms with Crippen molar-refractivity contribution in [2.45, 2.75) is 6.92 Å². The molecule has 0 radical (unpaired) electrons. The monoisotopic (exact) mass is 380 g/mol. The van der Waals surface area contributed by atoms with Gasteiger partial charge in [-0.25, -0.2) is 4.68 Å². The zero-order chi connectivity index (χ0) is 19.1. The van der Waals surface area contributed by atoms with Crippen LogP contribution in [0.4, 0.5) is 5.69 Å². The molecule has 0 aliphatic carbocycles. The van der Waals surface area contributed by atoms with Crippen molar-refractivity contribution in [2.24, 2.45) is 7.05 Å². The zero-order valence-electron chi connectivity index (χ0n) is 14.8. The number of H-pyrrole nitrogens is 1. The number of fused-ring (bicyclic) bond motifs is 1. The SMILES string of the molecule is Cc1c(NC(=O)c2[nH]c3ccccc3c2Cl)c(=O)n(-c2ccccc2)n1C. The molecule has 27 heavy (non-hydrogen) atoms. The molecule has 0 fully saturated rings. The van der Waals surface area contributed by atoms with Gasteiger partial charge in [0, 0.05) is 18.0 Å². The average Bonchev–Trinajstić information content (AvgIpc) is 3.12. The van der Waals surface area contributed by atoms with Gasteiger partial charge >= 0.3 is 0 Å². The Morgan fingerprint density at radius 3 is 2.44 bits per heavy atom. The van der Waals surface area contributed by atoms with Crippen molar-refractivity contribution in [2.75, 3.05) is 5.32 Å². The maximum absolute atomic E-state index is 12.9. The van der Waals surface area contributed by atoms with Crippen molar-refractivity contribution >= 4 is 34.1 Å². The van der Waals surface area contributed by atoms with Crippen molar-refractivity contribution in [1.82, 2.24) is 14.3 Å². The minimum Gasteiger partial charge on any atom is -0.349 e. The summed E-state index contributed by atoms with van der Waals surface area (Å²) < 4.78 is 3.22. The second-order valence-corrected chi connectivity index (χ2v) is 6.63. The Bertz CT molecular complexity index is 1220. The number of carbonyl (C=O) groups is 1. The van der Waals surface area contributed by atoms with E-state index in [1.165, 1.54) is 4.68 Å². The summed E-state index contributed by atoms with van der Waals surface area (Å²) in [6, 6.07) is 16.6. The molecule has 0 spiro atoms. The predicted octanol–water partition coefficient (Wildman–Crippen LogP) is 3.87. The van der Waals surface area contributed by atoms with E-state index < -0.39 is 5.91 Å². The number of hydrogen-bond donors (Lipinski definition) is 2. The van der Waals surface area contributed by atoms with Crippen LogP contribution in [-0.4, -0.2) is 20.3 Å². The fraction of sp³-hybridized carbons (Fsp3) is 0.100. The number of aromatic nitrogens is 3. The van der Waals surface area contributed by atoms with E-state index in [0.29, 0.717) is 10.7 Å². The van der Waals surface area contributed by atoms with Gasteiger partial charge in [0.05, 0.1) is 16.4 Å². The van der Waals surface area contributed by atoms with Crippen LogP contribution < -0.4 is 10.9 Å². The number of anilines is 1. The van der Waals surface area contributed by atoms with E-state index in [0.717, 1.165) is 16.6 Å². The fourth-order valence-corrected chi connectivity index (χ4v) is 3.45. The van der Waals surface area contributed by atoms with Crippen molar-refractivity contribution in [3.63, 3.8) is 0 Å². The van der Waals surface area contributed by atoms with Crippen LogP contribution in [0, 0.1) is 6.92 Å². The first kappa shape index (κ1) is 17.2. The summed E-state index contributed by atoms with van der Waals surface area (Å²) in [6.45, 7) is 1.78. The van der Waals surface area contributed by atoms with Gasteiger partial charge < -0.3 is 10.3 Å². The third-order valence-corrected chi connectivity index (χ3v) is 5.06. The van der Waals surface area contributed by atoms with Crippen LogP contribution in [0.1, 0.15) is 16.2 Å². The molecule has 4 aromatic rings. The van der Waals surface area contributed by atoms with Crippen LogP contribution in [0.2, 0.25) is 5.02 Å². The third-order valence-electron chi connectivity index (χ3n) is 4.66. The number of benzene rings is 2. The highest BCUT2D eigenvalue weighted by Crippen LogP contribution is 2.27. The van der Waals surface area contributed by atoms with E-state index in [9.17, 15) is 9.59 Å². The summed E-state index contributed by atoms with van der Waals surface area (Å²) in [5, 5.41) is 3.81. The highest BCUT2D eigenvalue weighted by atomic mass is 35.5. The van der Waals surface area contributed by atoms with Crippen molar-refractivity contribution < 1.29 is 4.79 Å². The van der Waals surface area contributed by atoms with E-state index in [2.05, 4.69) is 10.3 Å². The third kappa shape index (κ3) is 2.74. The Morgan fingerprint density at radius 1 is 1.07 bits per heavy atom. The first-order valence-corrected chi connectivity index (χ1v) is 8.78. The van der Waals surface area contributed by atoms with E-state index in [1.807, 2.05) is 54.6 Å². The largest absolute Gasteiger partial charge is 0.349 e. The minimum absolute atomic E-state index is 0.223. The Balaban J connectivity index is 1.76. The fourth-order valence-electron chi connectivity index (χ4n) is 3.15. The number of nitrogens with one attached hydrogen (secondary N) is 2. The normalized spacial score (nSPS) is 11.1. The molecular weight excluding hydrogens is 364 g/mol. The van der Waals surface area contributed by atoms with Crippen molar-refractivity contribution in [1.29, 1.82) is 0 Å². The summed E-state index contributed by atoms with van der Waals surface area (Å²) >= 11 is 6.35. The molecule has 7 heteroatoms. The van der Waals surface area contributed by atoms with Crippen LogP contribution in [-0.2, 0) is 7.05 Å². The number of amides is 1. The second kappa shape index (κ2) is 6.48. The van der Waals surface area contributed by atoms with Gasteiger partial charge in [-0.05, 0) is 25.1 Å². The lowest BCUT2D eigenvalue weighted by molar-refractivity contribution is 0.102. The maximum Gasteiger partial charge on any atom is 0.295 e. The van der Waals surface area contributed by atoms with Gasteiger partial charge in [0.2, 0.25) is 0 Å². The first-order chi connectivity index (χ1) is 13.0. The summed E-state index contributed by atoms with van der Waals surface area (Å²) in [6.07, 6.45) is 0. The number of nitrogens with zero attached hydrogens (tertiary/aromatic N) is 2. The molecule has 0 aliphatic rings. The van der Waals surface area contributed by atoms with Crippen LogP contribution >= 0.6 is 11.6 Å². The predicted molar refractivity (Wildman–Crippen MR) is 107 cm³/mol. The number of hydrogen-bond acceptors (Lipinski definition) is 2. The molecule has 1 amide bonds. The standard InChI is InChI=1S/C20H17ClN4O2/c1-12-17(20(27)25(24(12)2)13-8-4-3-5-9-13)23-19(26)18-16(21)14-10-6-7-11-15(14)22-18/h3-11,22H,1-2H3,(H,23,26). The van der Waals surface area contributed by atoms with Gasteiger partial charge in [-0.2, -0.15) is 0 Å². The summed E-state index contributed by atoms with van der Waals surface area (Å²) in [4.78, 5) is 28.7. The topological polar surface area (TPSA) is 71.8 Å². The molecular formula is C20H17ClN4O2. The molecule has 0 unspecified atom stereocenters. The number of aromatic amines is 1. The Hall–Kier alpha value is -3.25. The average molecular weight is 381 g/mol. The van der Waals surface area contributed by atoms with Gasteiger partial charge in [0.25, 0.3) is 11.5 Å². The lowest BCUT2D eigenvalue weighted by Gasteiger charge is -2.07. The summed E-state index contributed by atoms with van der Waals surface area (Å²) in [5.41, 5.74) is 2.27. The maximum atomic E-state index is 12.9. The van der Waals surface area contributed by atoms with Gasteiger partial charge in [0.15, 0.2) is 0 Å². The lowest BCUT2D eigenvalue weighted by Crippen LogP contribution is -2.23. The summed E-state index contributed by atoms with van der Waals surface area (Å²) in [7, 11) is 1.77. The minimum atomic E-state index is -0.456. The van der Waals surface area contributed by atoms with Crippen LogP contribution in [0.3, 0.4) is 0 Å². The van der Waals surface area contributed by atoms with E-state index in [-0.39, 0.29) is 16.9 Å². The molecule has 6 nitrogen and oxygen atoms in total. The van der Waals surface area contributed by atoms with E-state index >= 15 is 0 Å². The number of para-hydroxylation sites is 2. The van der Waals surface area contributed by atoms with Crippen molar-refractivity contribution in [3.05, 3.63) is 81.4 Å². The number of carbonyl (C=O) groups excluding carboxylic acids is 1. The van der Waals surface area contributed by atoms with E-state index in [4.69, 9.17) is 11.6 Å². The zero-order valence-corrected chi connectivity index (χ0v) is 15.5. The molecule has 0 aliphatic heterocycles. The molecule has 2 aromatic heterocycles. The molecule has 0 bridgehead atoms. The molecule has 0 atom stereocenters. The van der Waals surface area contributed by atoms with Crippen LogP contribution in [0.15, 0.2) is 59.4 Å². The van der Waals surface area contributed by atoms with Crippen molar-refractivity contribution in [3.8, 4) is 5.69 Å². The van der Waals surface area contributed by atoms with Crippen LogP contribution in [0.5, 0.6) is 0 Å². The van der Waals surface area contributed by atoms with Gasteiger partial charge in [-0.15, -0.1) is 0 Å². The van der Waals surface area contributed by atoms with Crippen LogP contribution in [0.25, 0.3) is 16.6 Å². The van der Waals surface area contributed by atoms with E-state index in [1.54, 1.807) is 18.7 Å². The number of halogens is 1. The molecule has 2 heterocycles. The smallest absolute Gasteiger partial charge is 0.295 e. The molecule has 2 N–H and O–H groups in total. The van der Waals surface area contributed by atoms with Gasteiger partial charge in [0.1, 0.15) is 11.4 Å². The van der Waals surface area contributed by atoms with Gasteiger partial charge in [-0.3, -0.25) is 14.3 Å². The second-order valence-electron chi connectivity index (χ2n) is 6.25.